The Morgan fingerprint density at radius 2 is 2.06 bits per heavy atom. The van der Waals surface area contributed by atoms with Crippen LogP contribution in [0.5, 0.6) is 5.75 Å². The topological polar surface area (TPSA) is 46.2 Å². The summed E-state index contributed by atoms with van der Waals surface area (Å²) < 4.78 is 0.813. The van der Waals surface area contributed by atoms with Crippen molar-refractivity contribution in [1.29, 1.82) is 0 Å². The van der Waals surface area contributed by atoms with Gasteiger partial charge in [0.15, 0.2) is 0 Å². The van der Waals surface area contributed by atoms with Crippen molar-refractivity contribution >= 4 is 15.9 Å². The van der Waals surface area contributed by atoms with E-state index in [2.05, 4.69) is 29.8 Å². The van der Waals surface area contributed by atoms with Gasteiger partial charge < -0.3 is 10.8 Å². The predicted octanol–water partition coefficient (Wildman–Crippen LogP) is 3.15. The second-order valence-corrected chi connectivity index (χ2v) is 5.66. The highest BCUT2D eigenvalue weighted by Crippen LogP contribution is 2.48. The monoisotopic (exact) mass is 283 g/mol. The summed E-state index contributed by atoms with van der Waals surface area (Å²) in [5, 5.41) is 9.76. The zero-order valence-electron chi connectivity index (χ0n) is 9.81. The number of nitrogens with two attached hydrogens (primary N) is 1. The largest absolute Gasteiger partial charge is 0.507 e. The van der Waals surface area contributed by atoms with Gasteiger partial charge in [-0.1, -0.05) is 6.42 Å². The number of halogens is 1. The molecule has 1 aliphatic carbocycles. The SMILES string of the molecule is Cc1cc(O)c(Br)c(C)c1C1(CN)CCC1. The van der Waals surface area contributed by atoms with Gasteiger partial charge in [0.1, 0.15) is 5.75 Å². The third-order valence-corrected chi connectivity index (χ3v) is 4.91. The first kappa shape index (κ1) is 11.9. The summed E-state index contributed by atoms with van der Waals surface area (Å²) in [5.74, 6) is 0.324. The second kappa shape index (κ2) is 4.04. The quantitative estimate of drug-likeness (QED) is 0.876. The molecule has 3 N–H and O–H groups in total. The lowest BCUT2D eigenvalue weighted by molar-refractivity contribution is 0.250. The lowest BCUT2D eigenvalue weighted by Gasteiger charge is -2.43. The Morgan fingerprint density at radius 1 is 1.44 bits per heavy atom. The first-order valence-corrected chi connectivity index (χ1v) is 6.50. The normalized spacial score (nSPS) is 18.2. The smallest absolute Gasteiger partial charge is 0.130 e. The van der Waals surface area contributed by atoms with Gasteiger partial charge in [0.05, 0.1) is 4.47 Å². The molecular formula is C13H18BrNO. The molecule has 2 rings (SSSR count). The molecule has 0 radical (unpaired) electrons. The van der Waals surface area contributed by atoms with Gasteiger partial charge in [-0.2, -0.15) is 0 Å². The Hall–Kier alpha value is -0.540. The minimum atomic E-state index is 0.157. The third-order valence-electron chi connectivity index (χ3n) is 3.91. The van der Waals surface area contributed by atoms with E-state index >= 15 is 0 Å². The molecule has 0 aromatic heterocycles. The van der Waals surface area contributed by atoms with Crippen LogP contribution in [0.15, 0.2) is 10.5 Å². The van der Waals surface area contributed by atoms with Crippen LogP contribution in [0, 0.1) is 13.8 Å². The van der Waals surface area contributed by atoms with Crippen LogP contribution >= 0.6 is 15.9 Å². The highest BCUT2D eigenvalue weighted by molar-refractivity contribution is 9.10. The van der Waals surface area contributed by atoms with Gasteiger partial charge in [0.25, 0.3) is 0 Å². The average molecular weight is 284 g/mol. The Morgan fingerprint density at radius 3 is 2.50 bits per heavy atom. The van der Waals surface area contributed by atoms with Gasteiger partial charge in [0, 0.05) is 12.0 Å². The molecule has 0 bridgehead atoms. The van der Waals surface area contributed by atoms with E-state index in [0.29, 0.717) is 12.3 Å². The number of hydrogen-bond acceptors (Lipinski definition) is 2. The maximum Gasteiger partial charge on any atom is 0.130 e. The molecule has 2 nitrogen and oxygen atoms in total. The molecule has 0 spiro atoms. The van der Waals surface area contributed by atoms with Crippen molar-refractivity contribution < 1.29 is 5.11 Å². The van der Waals surface area contributed by atoms with E-state index in [1.165, 1.54) is 24.8 Å². The summed E-state index contributed by atoms with van der Waals surface area (Å²) in [6, 6.07) is 1.84. The Balaban J connectivity index is 2.60. The van der Waals surface area contributed by atoms with Crippen molar-refractivity contribution in [3.63, 3.8) is 0 Å². The lowest BCUT2D eigenvalue weighted by atomic mass is 9.62. The van der Waals surface area contributed by atoms with Crippen LogP contribution in [-0.4, -0.2) is 11.7 Å². The molecule has 16 heavy (non-hydrogen) atoms. The molecule has 1 fully saturated rings. The van der Waals surface area contributed by atoms with Crippen molar-refractivity contribution in [2.75, 3.05) is 6.54 Å². The Bertz CT molecular complexity index is 419. The van der Waals surface area contributed by atoms with Crippen molar-refractivity contribution in [1.82, 2.24) is 0 Å². The molecule has 88 valence electrons. The number of benzene rings is 1. The third kappa shape index (κ3) is 1.57. The van der Waals surface area contributed by atoms with Crippen molar-refractivity contribution in [3.05, 3.63) is 27.2 Å². The number of aromatic hydroxyl groups is 1. The summed E-state index contributed by atoms with van der Waals surface area (Å²) in [6.07, 6.45) is 3.60. The molecule has 0 heterocycles. The zero-order chi connectivity index (χ0) is 11.9. The van der Waals surface area contributed by atoms with Crippen LogP contribution in [0.2, 0.25) is 0 Å². The summed E-state index contributed by atoms with van der Waals surface area (Å²) in [6.45, 7) is 4.82. The summed E-state index contributed by atoms with van der Waals surface area (Å²) in [7, 11) is 0. The maximum absolute atomic E-state index is 9.76. The highest BCUT2D eigenvalue weighted by atomic mass is 79.9. The van der Waals surface area contributed by atoms with Crippen molar-refractivity contribution in [3.8, 4) is 5.75 Å². The zero-order valence-corrected chi connectivity index (χ0v) is 11.4. The number of rotatable bonds is 2. The van der Waals surface area contributed by atoms with E-state index in [4.69, 9.17) is 5.73 Å². The van der Waals surface area contributed by atoms with Gasteiger partial charge >= 0.3 is 0 Å². The predicted molar refractivity (Wildman–Crippen MR) is 69.9 cm³/mol. The number of hydrogen-bond donors (Lipinski definition) is 2. The standard InChI is InChI=1S/C13H18BrNO/c1-8-6-10(16)12(14)9(2)11(8)13(7-15)4-3-5-13/h6,16H,3-5,7,15H2,1-2H3. The number of aryl methyl sites for hydroxylation is 1. The second-order valence-electron chi connectivity index (χ2n) is 4.86. The minimum Gasteiger partial charge on any atom is -0.507 e. The molecule has 0 amide bonds. The highest BCUT2D eigenvalue weighted by Gasteiger charge is 2.39. The minimum absolute atomic E-state index is 0.157. The fraction of sp³-hybridized carbons (Fsp3) is 0.538. The average Bonchev–Trinajstić information content (AvgIpc) is 2.18. The molecule has 0 unspecified atom stereocenters. The van der Waals surface area contributed by atoms with E-state index < -0.39 is 0 Å². The Labute approximate surface area is 105 Å². The fourth-order valence-corrected chi connectivity index (χ4v) is 3.23. The first-order chi connectivity index (χ1) is 7.52. The van der Waals surface area contributed by atoms with Gasteiger partial charge in [-0.3, -0.25) is 0 Å². The number of phenols is 1. The van der Waals surface area contributed by atoms with E-state index in [0.717, 1.165) is 15.6 Å². The molecule has 0 aliphatic heterocycles. The molecule has 1 aromatic rings. The fourth-order valence-electron chi connectivity index (χ4n) is 2.91. The molecule has 3 heteroatoms. The number of phenolic OH excluding ortho intramolecular Hbond substituents is 1. The molecule has 1 saturated carbocycles. The van der Waals surface area contributed by atoms with Crippen molar-refractivity contribution in [2.24, 2.45) is 5.73 Å². The molecule has 0 atom stereocenters. The van der Waals surface area contributed by atoms with E-state index in [1.54, 1.807) is 0 Å². The van der Waals surface area contributed by atoms with Crippen LogP contribution in [0.3, 0.4) is 0 Å². The van der Waals surface area contributed by atoms with Gasteiger partial charge in [-0.15, -0.1) is 0 Å². The lowest BCUT2D eigenvalue weighted by Crippen LogP contribution is -2.42. The van der Waals surface area contributed by atoms with Crippen LogP contribution in [0.4, 0.5) is 0 Å². The van der Waals surface area contributed by atoms with E-state index in [9.17, 15) is 5.11 Å². The van der Waals surface area contributed by atoms with Crippen molar-refractivity contribution in [2.45, 2.75) is 38.5 Å². The van der Waals surface area contributed by atoms with Crippen LogP contribution < -0.4 is 5.73 Å². The summed E-state index contributed by atoms with van der Waals surface area (Å²) >= 11 is 3.45. The van der Waals surface area contributed by atoms with Crippen LogP contribution in [0.25, 0.3) is 0 Å². The maximum atomic E-state index is 9.76. The Kier molecular flexibility index (Phi) is 3.01. The molecule has 1 aromatic carbocycles. The summed E-state index contributed by atoms with van der Waals surface area (Å²) in [5.41, 5.74) is 9.74. The van der Waals surface area contributed by atoms with Crippen LogP contribution in [-0.2, 0) is 5.41 Å². The van der Waals surface area contributed by atoms with Crippen LogP contribution in [0.1, 0.15) is 36.0 Å². The summed E-state index contributed by atoms with van der Waals surface area (Å²) in [4.78, 5) is 0. The van der Waals surface area contributed by atoms with Gasteiger partial charge in [-0.05, 0) is 65.4 Å². The first-order valence-electron chi connectivity index (χ1n) is 5.71. The van der Waals surface area contributed by atoms with Gasteiger partial charge in [-0.25, -0.2) is 0 Å². The molecular weight excluding hydrogens is 266 g/mol. The molecule has 1 aliphatic rings. The van der Waals surface area contributed by atoms with Gasteiger partial charge in [0.2, 0.25) is 0 Å². The molecule has 0 saturated heterocycles. The van der Waals surface area contributed by atoms with E-state index in [-0.39, 0.29) is 5.41 Å². The van der Waals surface area contributed by atoms with E-state index in [1.807, 2.05) is 6.07 Å².